The number of carbonyl (C=O) groups excluding carboxylic acids is 3. The normalized spacial score (nSPS) is 10.7. The van der Waals surface area contributed by atoms with Crippen molar-refractivity contribution in [1.82, 2.24) is 10.6 Å². The van der Waals surface area contributed by atoms with Crippen molar-refractivity contribution in [2.75, 3.05) is 72.6 Å². The predicted octanol–water partition coefficient (Wildman–Crippen LogP) is 2.29. The second-order valence-corrected chi connectivity index (χ2v) is 9.08. The molecular formula is C29H45N2O10. The summed E-state index contributed by atoms with van der Waals surface area (Å²) in [6, 6.07) is 6.42. The lowest BCUT2D eigenvalue weighted by molar-refractivity contribution is -0.126. The fourth-order valence-corrected chi connectivity index (χ4v) is 3.54. The molecule has 0 heterocycles. The maximum Gasteiger partial charge on any atom is 0.335 e. The molecule has 1 aromatic carbocycles. The highest BCUT2D eigenvalue weighted by Crippen LogP contribution is 2.14. The lowest BCUT2D eigenvalue weighted by Crippen LogP contribution is -2.31. The third-order valence-electron chi connectivity index (χ3n) is 5.69. The maximum absolute atomic E-state index is 11.9. The number of hydrogen-bond acceptors (Lipinski definition) is 9. The van der Waals surface area contributed by atoms with E-state index < -0.39 is 5.97 Å². The molecule has 0 atom stereocenters. The van der Waals surface area contributed by atoms with Gasteiger partial charge in [0, 0.05) is 19.5 Å². The van der Waals surface area contributed by atoms with Crippen molar-refractivity contribution in [1.29, 1.82) is 0 Å². The van der Waals surface area contributed by atoms with Crippen LogP contribution >= 0.6 is 0 Å². The third-order valence-corrected chi connectivity index (χ3v) is 5.69. The van der Waals surface area contributed by atoms with Crippen LogP contribution < -0.4 is 15.4 Å². The number of amides is 2. The predicted molar refractivity (Wildman–Crippen MR) is 151 cm³/mol. The van der Waals surface area contributed by atoms with Gasteiger partial charge in [0.25, 0.3) is 0 Å². The smallest absolute Gasteiger partial charge is 0.335 e. The molecule has 0 bridgehead atoms. The number of aromatic carboxylic acids is 1. The van der Waals surface area contributed by atoms with Gasteiger partial charge in [0.15, 0.2) is 0 Å². The molecule has 0 saturated heterocycles. The minimum Gasteiger partial charge on any atom is -0.494 e. The van der Waals surface area contributed by atoms with Gasteiger partial charge in [-0.2, -0.15) is 0 Å². The molecule has 1 radical (unpaired) electrons. The lowest BCUT2D eigenvalue weighted by atomic mass is 10.1. The van der Waals surface area contributed by atoms with Crippen molar-refractivity contribution in [2.45, 2.75) is 51.4 Å². The Kier molecular flexibility index (Phi) is 22.7. The molecule has 2 amide bonds. The average Bonchev–Trinajstić information content (AvgIpc) is 2.97. The Balaban J connectivity index is 1.79. The minimum absolute atomic E-state index is 0.0195. The second kappa shape index (κ2) is 25.9. The van der Waals surface area contributed by atoms with Crippen molar-refractivity contribution in [2.24, 2.45) is 0 Å². The van der Waals surface area contributed by atoms with E-state index in [0.29, 0.717) is 64.9 Å². The number of ether oxygens (including phenoxy) is 5. The van der Waals surface area contributed by atoms with Crippen LogP contribution in [0.1, 0.15) is 61.7 Å². The number of unbranched alkanes of at least 4 members (excludes halogenated alkanes) is 6. The molecule has 41 heavy (non-hydrogen) atoms. The fraction of sp³-hybridized carbons (Fsp3) is 0.655. The van der Waals surface area contributed by atoms with E-state index >= 15 is 0 Å². The van der Waals surface area contributed by atoms with E-state index in [4.69, 9.17) is 28.8 Å². The van der Waals surface area contributed by atoms with E-state index in [2.05, 4.69) is 10.6 Å². The van der Waals surface area contributed by atoms with Crippen LogP contribution in [-0.4, -0.2) is 102 Å². The van der Waals surface area contributed by atoms with E-state index in [9.17, 15) is 19.2 Å². The molecule has 1 rings (SSSR count). The summed E-state index contributed by atoms with van der Waals surface area (Å²) in [5.74, 6) is -0.494. The Morgan fingerprint density at radius 3 is 1.85 bits per heavy atom. The van der Waals surface area contributed by atoms with E-state index in [0.717, 1.165) is 44.9 Å². The van der Waals surface area contributed by atoms with E-state index in [-0.39, 0.29) is 37.2 Å². The zero-order valence-corrected chi connectivity index (χ0v) is 23.9. The highest BCUT2D eigenvalue weighted by atomic mass is 16.5. The van der Waals surface area contributed by atoms with Gasteiger partial charge in [-0.1, -0.05) is 32.1 Å². The van der Waals surface area contributed by atoms with Gasteiger partial charge in [0.2, 0.25) is 18.1 Å². The molecule has 1 aromatic rings. The summed E-state index contributed by atoms with van der Waals surface area (Å²) >= 11 is 0. The Hall–Kier alpha value is -3.06. The van der Waals surface area contributed by atoms with Crippen molar-refractivity contribution in [3.05, 3.63) is 29.8 Å². The first kappa shape index (κ1) is 36.0. The lowest BCUT2D eigenvalue weighted by Gasteiger charge is -2.08. The molecule has 0 fully saturated rings. The first-order chi connectivity index (χ1) is 20.0. The molecule has 0 aliphatic heterocycles. The van der Waals surface area contributed by atoms with Crippen LogP contribution in [0.3, 0.4) is 0 Å². The number of hydrogen-bond donors (Lipinski definition) is 3. The number of carboxylic acids is 1. The quantitative estimate of drug-likeness (QED) is 0.125. The summed E-state index contributed by atoms with van der Waals surface area (Å²) in [6.07, 6.45) is 9.36. The number of nitrogens with one attached hydrogen (secondary N) is 2. The zero-order valence-electron chi connectivity index (χ0n) is 23.9. The molecule has 0 spiro atoms. The minimum atomic E-state index is -0.946. The van der Waals surface area contributed by atoms with E-state index in [1.807, 2.05) is 0 Å². The van der Waals surface area contributed by atoms with Gasteiger partial charge < -0.3 is 39.4 Å². The Bertz CT molecular complexity index is 835. The summed E-state index contributed by atoms with van der Waals surface area (Å²) in [5.41, 5.74) is 0.248. The molecule has 231 valence electrons. The molecule has 0 aliphatic rings. The van der Waals surface area contributed by atoms with Gasteiger partial charge in [-0.05, 0) is 37.1 Å². The Labute approximate surface area is 242 Å². The standard InChI is InChI=1S/C29H45N2O10/c32-15-19-39-21-20-37-18-14-31-28(34)24-40-23-22-38-17-13-30-27(33)8-6-4-2-1-3-5-7-16-41-26-11-9-25(10-12-26)29(35)36/h9-12H,1-8,13-14,16-24H2,(H,30,33)(H,31,34)(H,35,36). The average molecular weight is 582 g/mol. The van der Waals surface area contributed by atoms with E-state index in [1.54, 1.807) is 18.4 Å². The largest absolute Gasteiger partial charge is 0.494 e. The number of benzene rings is 1. The van der Waals surface area contributed by atoms with Crippen LogP contribution in [0.4, 0.5) is 0 Å². The molecule has 12 heteroatoms. The fourth-order valence-electron chi connectivity index (χ4n) is 3.54. The highest BCUT2D eigenvalue weighted by Gasteiger charge is 2.04. The van der Waals surface area contributed by atoms with Crippen LogP contribution in [0.15, 0.2) is 24.3 Å². The van der Waals surface area contributed by atoms with Crippen LogP contribution in [0.2, 0.25) is 0 Å². The molecule has 0 saturated carbocycles. The number of rotatable bonds is 28. The molecule has 12 nitrogen and oxygen atoms in total. The van der Waals surface area contributed by atoms with Crippen LogP contribution in [-0.2, 0) is 33.3 Å². The first-order valence-electron chi connectivity index (χ1n) is 14.2. The van der Waals surface area contributed by atoms with Crippen molar-refractivity contribution >= 4 is 24.1 Å². The first-order valence-corrected chi connectivity index (χ1v) is 14.2. The van der Waals surface area contributed by atoms with Gasteiger partial charge in [-0.3, -0.25) is 14.4 Å². The second-order valence-electron chi connectivity index (χ2n) is 9.08. The van der Waals surface area contributed by atoms with Gasteiger partial charge in [-0.25, -0.2) is 4.79 Å². The maximum atomic E-state index is 11.9. The van der Waals surface area contributed by atoms with Crippen molar-refractivity contribution in [3.8, 4) is 5.75 Å². The van der Waals surface area contributed by atoms with Gasteiger partial charge in [-0.15, -0.1) is 0 Å². The Morgan fingerprint density at radius 1 is 0.659 bits per heavy atom. The topological polar surface area (TPSA) is 159 Å². The zero-order chi connectivity index (χ0) is 29.8. The van der Waals surface area contributed by atoms with Gasteiger partial charge in [0.1, 0.15) is 19.0 Å². The number of carbonyl (C=O) groups is 3. The van der Waals surface area contributed by atoms with Crippen molar-refractivity contribution < 1.29 is 48.0 Å². The Morgan fingerprint density at radius 2 is 1.22 bits per heavy atom. The van der Waals surface area contributed by atoms with Crippen LogP contribution in [0, 0.1) is 0 Å². The molecule has 0 aromatic heterocycles. The molecule has 3 N–H and O–H groups in total. The third kappa shape index (κ3) is 22.3. The van der Waals surface area contributed by atoms with Crippen molar-refractivity contribution in [3.63, 3.8) is 0 Å². The highest BCUT2D eigenvalue weighted by molar-refractivity contribution is 5.87. The SMILES string of the molecule is O=[C]COCCOCCNC(=O)COCCOCCNC(=O)CCCCCCCCCOc1ccc(C(=O)O)cc1. The number of carboxylic acid groups (broad SMARTS) is 1. The monoisotopic (exact) mass is 581 g/mol. The molecular weight excluding hydrogens is 536 g/mol. The van der Waals surface area contributed by atoms with Crippen LogP contribution in [0.25, 0.3) is 0 Å². The van der Waals surface area contributed by atoms with Gasteiger partial charge >= 0.3 is 5.97 Å². The van der Waals surface area contributed by atoms with E-state index in [1.165, 1.54) is 12.1 Å². The molecule has 0 unspecified atom stereocenters. The van der Waals surface area contributed by atoms with Crippen LogP contribution in [0.5, 0.6) is 5.75 Å². The summed E-state index contributed by atoms with van der Waals surface area (Å²) in [4.78, 5) is 44.3. The molecule has 0 aliphatic carbocycles. The summed E-state index contributed by atoms with van der Waals surface area (Å²) in [5, 5.41) is 14.4. The summed E-state index contributed by atoms with van der Waals surface area (Å²) < 4.78 is 26.4. The summed E-state index contributed by atoms with van der Waals surface area (Å²) in [6.45, 7) is 3.21. The van der Waals surface area contributed by atoms with Gasteiger partial charge in [0.05, 0.1) is 51.8 Å². The summed E-state index contributed by atoms with van der Waals surface area (Å²) in [7, 11) is 0.